The number of rotatable bonds is 5. The van der Waals surface area contributed by atoms with Crippen molar-refractivity contribution in [3.05, 3.63) is 20.8 Å². The van der Waals surface area contributed by atoms with Gasteiger partial charge >= 0.3 is 0 Å². The molecule has 1 atom stereocenters. The summed E-state index contributed by atoms with van der Waals surface area (Å²) in [6.07, 6.45) is 0. The third kappa shape index (κ3) is 3.29. The van der Waals surface area contributed by atoms with Gasteiger partial charge in [-0.3, -0.25) is 0 Å². The molecule has 1 aliphatic rings. The molecule has 0 aliphatic carbocycles. The van der Waals surface area contributed by atoms with Crippen molar-refractivity contribution in [1.29, 1.82) is 0 Å². The third-order valence-electron chi connectivity index (χ3n) is 3.29. The predicted octanol–water partition coefficient (Wildman–Crippen LogP) is 2.80. The highest BCUT2D eigenvalue weighted by molar-refractivity contribution is 9.11. The molecule has 1 aromatic heterocycles. The van der Waals surface area contributed by atoms with Crippen molar-refractivity contribution in [2.24, 2.45) is 11.8 Å². The van der Waals surface area contributed by atoms with Crippen LogP contribution in [-0.2, 0) is 6.54 Å². The van der Waals surface area contributed by atoms with E-state index in [2.05, 4.69) is 51.6 Å². The summed E-state index contributed by atoms with van der Waals surface area (Å²) in [6, 6.07) is 2.22. The lowest BCUT2D eigenvalue weighted by Crippen LogP contribution is -2.47. The molecule has 1 aliphatic heterocycles. The van der Waals surface area contributed by atoms with E-state index in [1.165, 1.54) is 29.0 Å². The van der Waals surface area contributed by atoms with Crippen LogP contribution in [-0.4, -0.2) is 31.6 Å². The van der Waals surface area contributed by atoms with Gasteiger partial charge in [-0.05, 0) is 64.9 Å². The zero-order valence-corrected chi connectivity index (χ0v) is 12.3. The highest BCUT2D eigenvalue weighted by atomic mass is 79.9. The Hall–Kier alpha value is 0.1000. The summed E-state index contributed by atoms with van der Waals surface area (Å²) in [7, 11) is 2.22. The smallest absolute Gasteiger partial charge is 0.0701 e. The maximum Gasteiger partial charge on any atom is 0.0701 e. The number of halogens is 1. The molecule has 0 aromatic carbocycles. The topological polar surface area (TPSA) is 15.3 Å². The fourth-order valence-electron chi connectivity index (χ4n) is 2.16. The van der Waals surface area contributed by atoms with Crippen molar-refractivity contribution in [3.8, 4) is 0 Å². The molecule has 0 amide bonds. The molecule has 0 bridgehead atoms. The minimum Gasteiger partial charge on any atom is -0.316 e. The average molecular weight is 303 g/mol. The normalized spacial score (nSPS) is 18.8. The molecule has 1 aromatic rings. The van der Waals surface area contributed by atoms with Crippen molar-refractivity contribution >= 4 is 27.3 Å². The lowest BCUT2D eigenvalue weighted by Gasteiger charge is -2.34. The first kappa shape index (κ1) is 12.6. The van der Waals surface area contributed by atoms with Crippen LogP contribution in [0.1, 0.15) is 12.5 Å². The third-order valence-corrected chi connectivity index (χ3v) is 4.84. The zero-order chi connectivity index (χ0) is 11.5. The van der Waals surface area contributed by atoms with Crippen LogP contribution < -0.4 is 5.32 Å². The van der Waals surface area contributed by atoms with Crippen molar-refractivity contribution in [2.45, 2.75) is 13.5 Å². The highest BCUT2D eigenvalue weighted by Gasteiger charge is 2.24. The molecule has 1 saturated heterocycles. The fraction of sp³-hybridized carbons (Fsp3) is 0.667. The highest BCUT2D eigenvalue weighted by Crippen LogP contribution is 2.22. The minimum atomic E-state index is 0.799. The molecule has 0 radical (unpaired) electrons. The monoisotopic (exact) mass is 302 g/mol. The maximum atomic E-state index is 3.51. The number of nitrogens with one attached hydrogen (secondary N) is 1. The van der Waals surface area contributed by atoms with Crippen LogP contribution >= 0.6 is 27.3 Å². The van der Waals surface area contributed by atoms with Crippen molar-refractivity contribution in [1.82, 2.24) is 10.2 Å². The maximum absolute atomic E-state index is 3.51. The summed E-state index contributed by atoms with van der Waals surface area (Å²) in [6.45, 7) is 7.04. The van der Waals surface area contributed by atoms with Crippen molar-refractivity contribution in [3.63, 3.8) is 0 Å². The van der Waals surface area contributed by atoms with E-state index in [-0.39, 0.29) is 0 Å². The van der Waals surface area contributed by atoms with Gasteiger partial charge in [0.2, 0.25) is 0 Å². The quantitative estimate of drug-likeness (QED) is 0.900. The van der Waals surface area contributed by atoms with E-state index < -0.39 is 0 Å². The van der Waals surface area contributed by atoms with Gasteiger partial charge in [-0.1, -0.05) is 6.92 Å². The number of thiophene rings is 1. The van der Waals surface area contributed by atoms with E-state index in [1.54, 1.807) is 11.3 Å². The average Bonchev–Trinajstić information content (AvgIpc) is 2.47. The molecular formula is C12H19BrN2S. The Morgan fingerprint density at radius 1 is 1.62 bits per heavy atom. The van der Waals surface area contributed by atoms with Crippen LogP contribution in [0.2, 0.25) is 0 Å². The molecular weight excluding hydrogens is 284 g/mol. The fourth-order valence-corrected chi connectivity index (χ4v) is 3.36. The van der Waals surface area contributed by atoms with Crippen LogP contribution in [0.25, 0.3) is 0 Å². The van der Waals surface area contributed by atoms with Gasteiger partial charge in [-0.2, -0.15) is 0 Å². The summed E-state index contributed by atoms with van der Waals surface area (Å²) in [5.74, 6) is 1.69. The first-order chi connectivity index (χ1) is 7.65. The van der Waals surface area contributed by atoms with Gasteiger partial charge in [-0.25, -0.2) is 0 Å². The van der Waals surface area contributed by atoms with E-state index in [9.17, 15) is 0 Å². The van der Waals surface area contributed by atoms with Gasteiger partial charge in [-0.15, -0.1) is 11.3 Å². The Kier molecular flexibility index (Phi) is 4.41. The summed E-state index contributed by atoms with van der Waals surface area (Å²) in [4.78, 5) is 2.43. The molecule has 0 spiro atoms. The van der Waals surface area contributed by atoms with Crippen molar-refractivity contribution in [2.75, 3.05) is 26.7 Å². The Morgan fingerprint density at radius 2 is 2.38 bits per heavy atom. The van der Waals surface area contributed by atoms with Crippen molar-refractivity contribution < 1.29 is 0 Å². The van der Waals surface area contributed by atoms with Gasteiger partial charge < -0.3 is 10.2 Å². The Labute approximate surface area is 110 Å². The van der Waals surface area contributed by atoms with Crippen LogP contribution in [0.3, 0.4) is 0 Å². The van der Waals surface area contributed by atoms with Crippen LogP contribution in [0.15, 0.2) is 15.2 Å². The van der Waals surface area contributed by atoms with Gasteiger partial charge in [0.15, 0.2) is 0 Å². The summed E-state index contributed by atoms with van der Waals surface area (Å²) in [5, 5.41) is 5.58. The van der Waals surface area contributed by atoms with Gasteiger partial charge in [0.25, 0.3) is 0 Å². The van der Waals surface area contributed by atoms with E-state index in [1.807, 2.05) is 0 Å². The lowest BCUT2D eigenvalue weighted by atomic mass is 9.88. The Balaban J connectivity index is 1.77. The molecule has 1 N–H and O–H groups in total. The molecule has 2 nitrogen and oxygen atoms in total. The largest absolute Gasteiger partial charge is 0.316 e. The number of hydrogen-bond acceptors (Lipinski definition) is 3. The first-order valence-electron chi connectivity index (χ1n) is 5.77. The molecule has 16 heavy (non-hydrogen) atoms. The molecule has 1 fully saturated rings. The van der Waals surface area contributed by atoms with Crippen LogP contribution in [0, 0.1) is 11.8 Å². The Bertz CT molecular complexity index is 336. The van der Waals surface area contributed by atoms with E-state index in [0.29, 0.717) is 0 Å². The standard InChI is InChI=1S/C12H19BrN2S/c1-9(11-4-14-5-11)6-15(2)7-10-3-12(13)16-8-10/h3,8-9,11,14H,4-7H2,1-2H3. The van der Waals surface area contributed by atoms with E-state index in [0.717, 1.165) is 18.4 Å². The first-order valence-corrected chi connectivity index (χ1v) is 7.44. The molecule has 2 rings (SSSR count). The Morgan fingerprint density at radius 3 is 2.88 bits per heavy atom. The van der Waals surface area contributed by atoms with Gasteiger partial charge in [0.05, 0.1) is 3.79 Å². The van der Waals surface area contributed by atoms with Gasteiger partial charge in [0, 0.05) is 13.1 Å². The van der Waals surface area contributed by atoms with E-state index in [4.69, 9.17) is 0 Å². The number of hydrogen-bond donors (Lipinski definition) is 1. The lowest BCUT2D eigenvalue weighted by molar-refractivity contribution is 0.182. The SMILES string of the molecule is CC(CN(C)Cc1csc(Br)c1)C1CNC1. The molecule has 2 heterocycles. The second-order valence-corrected chi connectivity index (χ2v) is 7.14. The summed E-state index contributed by atoms with van der Waals surface area (Å²) < 4.78 is 1.23. The molecule has 4 heteroatoms. The second-order valence-electron chi connectivity index (χ2n) is 4.85. The zero-order valence-electron chi connectivity index (χ0n) is 9.87. The molecule has 90 valence electrons. The minimum absolute atomic E-state index is 0.799. The van der Waals surface area contributed by atoms with Crippen LogP contribution in [0.4, 0.5) is 0 Å². The number of nitrogens with zero attached hydrogens (tertiary/aromatic N) is 1. The van der Waals surface area contributed by atoms with Gasteiger partial charge in [0.1, 0.15) is 0 Å². The predicted molar refractivity (Wildman–Crippen MR) is 73.9 cm³/mol. The second kappa shape index (κ2) is 5.63. The summed E-state index contributed by atoms with van der Waals surface area (Å²) in [5.41, 5.74) is 1.42. The van der Waals surface area contributed by atoms with E-state index >= 15 is 0 Å². The molecule has 0 saturated carbocycles. The van der Waals surface area contributed by atoms with Crippen LogP contribution in [0.5, 0.6) is 0 Å². The summed E-state index contributed by atoms with van der Waals surface area (Å²) >= 11 is 5.28. The molecule has 1 unspecified atom stereocenters.